The fraction of sp³-hybridized carbons (Fsp3) is 0.562. The van der Waals surface area contributed by atoms with Crippen LogP contribution in [-0.2, 0) is 9.53 Å². The Bertz CT molecular complexity index is 482. The SMILES string of the molecule is CCOC(=O)CCN(CC)CCC(O)c1cc(F)ccc1F. The molecule has 1 N–H and O–H groups in total. The number of rotatable bonds is 9. The molecule has 0 aliphatic rings. The second-order valence-corrected chi connectivity index (χ2v) is 4.96. The molecule has 0 aliphatic carbocycles. The number of nitrogens with zero attached hydrogens (tertiary/aromatic N) is 1. The molecule has 0 aromatic heterocycles. The summed E-state index contributed by atoms with van der Waals surface area (Å²) >= 11 is 0. The van der Waals surface area contributed by atoms with E-state index in [9.17, 15) is 18.7 Å². The second kappa shape index (κ2) is 9.48. The number of esters is 1. The molecule has 0 aliphatic heterocycles. The Balaban J connectivity index is 2.48. The summed E-state index contributed by atoms with van der Waals surface area (Å²) in [5, 5.41) is 10.0. The van der Waals surface area contributed by atoms with Crippen molar-refractivity contribution >= 4 is 5.97 Å². The molecule has 0 bridgehead atoms. The molecule has 0 saturated carbocycles. The first-order chi connectivity index (χ1) is 10.5. The highest BCUT2D eigenvalue weighted by Crippen LogP contribution is 2.21. The van der Waals surface area contributed by atoms with E-state index in [1.165, 1.54) is 0 Å². The molecular formula is C16H23F2NO3. The van der Waals surface area contributed by atoms with Crippen molar-refractivity contribution in [1.29, 1.82) is 0 Å². The Hall–Kier alpha value is -1.53. The van der Waals surface area contributed by atoms with Crippen molar-refractivity contribution in [3.8, 4) is 0 Å². The first-order valence-electron chi connectivity index (χ1n) is 7.48. The van der Waals surface area contributed by atoms with E-state index in [1.807, 2.05) is 11.8 Å². The van der Waals surface area contributed by atoms with Crippen LogP contribution in [0.2, 0.25) is 0 Å². The molecule has 0 amide bonds. The lowest BCUT2D eigenvalue weighted by atomic mass is 10.1. The monoisotopic (exact) mass is 315 g/mol. The largest absolute Gasteiger partial charge is 0.466 e. The van der Waals surface area contributed by atoms with Gasteiger partial charge in [-0.25, -0.2) is 8.78 Å². The third kappa shape index (κ3) is 6.07. The summed E-state index contributed by atoms with van der Waals surface area (Å²) in [6, 6.07) is 3.03. The van der Waals surface area contributed by atoms with Crippen LogP contribution in [0.1, 0.15) is 38.4 Å². The lowest BCUT2D eigenvalue weighted by molar-refractivity contribution is -0.143. The predicted octanol–water partition coefficient (Wildman–Crippen LogP) is 2.66. The van der Waals surface area contributed by atoms with Crippen LogP contribution < -0.4 is 0 Å². The molecule has 1 unspecified atom stereocenters. The van der Waals surface area contributed by atoms with Crippen LogP contribution in [-0.4, -0.2) is 42.2 Å². The van der Waals surface area contributed by atoms with Crippen molar-refractivity contribution in [2.24, 2.45) is 0 Å². The summed E-state index contributed by atoms with van der Waals surface area (Å²) in [5.74, 6) is -1.47. The van der Waals surface area contributed by atoms with Crippen LogP contribution in [0.25, 0.3) is 0 Å². The Kier molecular flexibility index (Phi) is 7.98. The van der Waals surface area contributed by atoms with Crippen LogP contribution in [0.15, 0.2) is 18.2 Å². The van der Waals surface area contributed by atoms with Gasteiger partial charge in [0.05, 0.1) is 19.1 Å². The van der Waals surface area contributed by atoms with Crippen LogP contribution in [0.4, 0.5) is 8.78 Å². The molecule has 1 aromatic carbocycles. The van der Waals surface area contributed by atoms with Gasteiger partial charge in [-0.05, 0) is 38.1 Å². The minimum atomic E-state index is -1.08. The van der Waals surface area contributed by atoms with Gasteiger partial charge in [-0.3, -0.25) is 4.79 Å². The summed E-state index contributed by atoms with van der Waals surface area (Å²) < 4.78 is 31.5. The number of hydrogen-bond acceptors (Lipinski definition) is 4. The lowest BCUT2D eigenvalue weighted by Crippen LogP contribution is -2.28. The first-order valence-corrected chi connectivity index (χ1v) is 7.48. The molecule has 1 aromatic rings. The second-order valence-electron chi connectivity index (χ2n) is 4.96. The zero-order chi connectivity index (χ0) is 16.5. The third-order valence-electron chi connectivity index (χ3n) is 3.42. The number of aliphatic hydroxyl groups excluding tert-OH is 1. The lowest BCUT2D eigenvalue weighted by Gasteiger charge is -2.21. The van der Waals surface area contributed by atoms with Gasteiger partial charge in [0, 0.05) is 18.7 Å². The van der Waals surface area contributed by atoms with Gasteiger partial charge in [0.25, 0.3) is 0 Å². The average Bonchev–Trinajstić information content (AvgIpc) is 2.49. The summed E-state index contributed by atoms with van der Waals surface area (Å²) in [4.78, 5) is 13.3. The van der Waals surface area contributed by atoms with E-state index in [0.29, 0.717) is 26.2 Å². The van der Waals surface area contributed by atoms with E-state index in [0.717, 1.165) is 18.2 Å². The van der Waals surface area contributed by atoms with Gasteiger partial charge in [-0.15, -0.1) is 0 Å². The molecule has 0 spiro atoms. The maximum absolute atomic E-state index is 13.6. The third-order valence-corrected chi connectivity index (χ3v) is 3.42. The van der Waals surface area contributed by atoms with Crippen LogP contribution in [0.5, 0.6) is 0 Å². The van der Waals surface area contributed by atoms with Crippen molar-refractivity contribution in [2.45, 2.75) is 32.8 Å². The number of benzene rings is 1. The zero-order valence-electron chi connectivity index (χ0n) is 13.0. The van der Waals surface area contributed by atoms with E-state index in [2.05, 4.69) is 0 Å². The molecule has 0 radical (unpaired) electrons. The van der Waals surface area contributed by atoms with Gasteiger partial charge in [-0.1, -0.05) is 6.92 Å². The Morgan fingerprint density at radius 2 is 2.05 bits per heavy atom. The van der Waals surface area contributed by atoms with E-state index < -0.39 is 17.7 Å². The van der Waals surface area contributed by atoms with Crippen molar-refractivity contribution < 1.29 is 23.4 Å². The number of carbonyl (C=O) groups excluding carboxylic acids is 1. The maximum Gasteiger partial charge on any atom is 0.307 e. The molecule has 0 heterocycles. The molecule has 1 rings (SSSR count). The molecular weight excluding hydrogens is 292 g/mol. The summed E-state index contributed by atoms with van der Waals surface area (Å²) in [6.45, 7) is 5.71. The highest BCUT2D eigenvalue weighted by Gasteiger charge is 2.15. The Labute approximate surface area is 129 Å². The van der Waals surface area contributed by atoms with Crippen molar-refractivity contribution in [3.63, 3.8) is 0 Å². The van der Waals surface area contributed by atoms with Gasteiger partial charge >= 0.3 is 5.97 Å². The molecule has 124 valence electrons. The zero-order valence-corrected chi connectivity index (χ0v) is 13.0. The van der Waals surface area contributed by atoms with Crippen LogP contribution in [0, 0.1) is 11.6 Å². The van der Waals surface area contributed by atoms with Crippen molar-refractivity contribution in [1.82, 2.24) is 4.90 Å². The van der Waals surface area contributed by atoms with Gasteiger partial charge in [0.1, 0.15) is 11.6 Å². The van der Waals surface area contributed by atoms with Crippen LogP contribution >= 0.6 is 0 Å². The Morgan fingerprint density at radius 3 is 2.68 bits per heavy atom. The molecule has 6 heteroatoms. The van der Waals surface area contributed by atoms with Gasteiger partial charge in [0.15, 0.2) is 0 Å². The normalized spacial score (nSPS) is 12.5. The van der Waals surface area contributed by atoms with E-state index >= 15 is 0 Å². The fourth-order valence-corrected chi connectivity index (χ4v) is 2.14. The van der Waals surface area contributed by atoms with Crippen molar-refractivity contribution in [2.75, 3.05) is 26.2 Å². The highest BCUT2D eigenvalue weighted by atomic mass is 19.1. The maximum atomic E-state index is 13.6. The van der Waals surface area contributed by atoms with E-state index in [4.69, 9.17) is 4.74 Å². The molecule has 4 nitrogen and oxygen atoms in total. The average molecular weight is 315 g/mol. The molecule has 1 atom stereocenters. The van der Waals surface area contributed by atoms with Crippen LogP contribution in [0.3, 0.4) is 0 Å². The number of carbonyl (C=O) groups is 1. The smallest absolute Gasteiger partial charge is 0.307 e. The number of halogens is 2. The standard InChI is InChI=1S/C16H23F2NO3/c1-3-19(10-8-16(21)22-4-2)9-7-15(20)13-11-12(17)5-6-14(13)18/h5-6,11,15,20H,3-4,7-10H2,1-2H3. The summed E-state index contributed by atoms with van der Waals surface area (Å²) in [7, 11) is 0. The minimum Gasteiger partial charge on any atom is -0.466 e. The van der Waals surface area contributed by atoms with Gasteiger partial charge < -0.3 is 14.7 Å². The molecule has 0 fully saturated rings. The number of hydrogen-bond donors (Lipinski definition) is 1. The van der Waals surface area contributed by atoms with Gasteiger partial charge in [0.2, 0.25) is 0 Å². The van der Waals surface area contributed by atoms with E-state index in [-0.39, 0.29) is 24.4 Å². The number of aliphatic hydroxyl groups is 1. The minimum absolute atomic E-state index is 0.0403. The summed E-state index contributed by atoms with van der Waals surface area (Å²) in [5.41, 5.74) is -0.0403. The molecule has 0 saturated heterocycles. The molecule has 22 heavy (non-hydrogen) atoms. The predicted molar refractivity (Wildman–Crippen MR) is 79.3 cm³/mol. The quantitative estimate of drug-likeness (QED) is 0.712. The van der Waals surface area contributed by atoms with E-state index in [1.54, 1.807) is 6.92 Å². The van der Waals surface area contributed by atoms with Crippen molar-refractivity contribution in [3.05, 3.63) is 35.4 Å². The first kappa shape index (κ1) is 18.5. The highest BCUT2D eigenvalue weighted by molar-refractivity contribution is 5.69. The fourth-order valence-electron chi connectivity index (χ4n) is 2.14. The summed E-state index contributed by atoms with van der Waals surface area (Å²) in [6.07, 6.45) is -0.546. The topological polar surface area (TPSA) is 49.8 Å². The van der Waals surface area contributed by atoms with Gasteiger partial charge in [-0.2, -0.15) is 0 Å². The number of ether oxygens (including phenoxy) is 1. The Morgan fingerprint density at radius 1 is 1.32 bits per heavy atom.